The van der Waals surface area contributed by atoms with Crippen LogP contribution >= 0.6 is 7.80 Å². The van der Waals surface area contributed by atoms with Crippen LogP contribution in [0.3, 0.4) is 0 Å². The van der Waals surface area contributed by atoms with Crippen LogP contribution in [-0.4, -0.2) is 5.66 Å². The van der Waals surface area contributed by atoms with Crippen molar-refractivity contribution in [1.29, 1.82) is 0 Å². The molecule has 0 spiro atoms. The molecule has 0 saturated carbocycles. The third-order valence-corrected chi connectivity index (χ3v) is 3.97. The molecule has 1 aromatic rings. The van der Waals surface area contributed by atoms with Gasteiger partial charge in [0.2, 0.25) is 0 Å². The molecular weight excluding hydrogens is 167 g/mol. The smallest absolute Gasteiger partial charge is 0.0678 e. The van der Waals surface area contributed by atoms with Gasteiger partial charge in [-0.05, 0) is 25.5 Å². The number of hydrogen-bond acceptors (Lipinski definition) is 1. The summed E-state index contributed by atoms with van der Waals surface area (Å²) in [5.41, 5.74) is 0.294. The third-order valence-electron chi connectivity index (χ3n) is 2.00. The molecule has 2 unspecified atom stereocenters. The van der Waals surface area contributed by atoms with Crippen LogP contribution in [0.4, 0.5) is 0 Å². The van der Waals surface area contributed by atoms with Gasteiger partial charge >= 0.3 is 7.80 Å². The molecule has 2 atom stereocenters. The molecule has 1 aromatic carbocycles. The first-order valence-electron chi connectivity index (χ1n) is 4.27. The van der Waals surface area contributed by atoms with E-state index < -0.39 is 7.80 Å². The molecule has 0 N–H and O–H groups in total. The zero-order valence-electron chi connectivity index (χ0n) is 7.53. The Bertz CT molecular complexity index is 256. The van der Waals surface area contributed by atoms with Crippen LogP contribution in [0.2, 0.25) is 0 Å². The molecule has 0 radical (unpaired) electrons. The molecule has 12 heavy (non-hydrogen) atoms. The van der Waals surface area contributed by atoms with Crippen LogP contribution in [0.15, 0.2) is 30.3 Å². The minimum atomic E-state index is -1.19. The summed E-state index contributed by atoms with van der Waals surface area (Å²) in [4.78, 5) is 0. The Morgan fingerprint density at radius 2 is 1.92 bits per heavy atom. The van der Waals surface area contributed by atoms with E-state index in [4.69, 9.17) is 0 Å². The van der Waals surface area contributed by atoms with E-state index in [1.54, 1.807) is 0 Å². The standard InChI is InChI=1S/C10H14OP/c1-3-9(2)12(11)10-7-5-4-6-8-10/h4-9H,3H2,1-2H3/q+1. The molecule has 64 valence electrons. The first kappa shape index (κ1) is 9.41. The molecule has 0 aromatic heterocycles. The summed E-state index contributed by atoms with van der Waals surface area (Å²) in [7, 11) is -1.19. The van der Waals surface area contributed by atoms with Gasteiger partial charge in [-0.2, -0.15) is 0 Å². The van der Waals surface area contributed by atoms with E-state index in [2.05, 4.69) is 6.92 Å². The summed E-state index contributed by atoms with van der Waals surface area (Å²) in [6.45, 7) is 4.10. The number of benzene rings is 1. The SMILES string of the molecule is CCC(C)[P+](=O)c1ccccc1. The highest BCUT2D eigenvalue weighted by atomic mass is 31.1. The van der Waals surface area contributed by atoms with Crippen molar-refractivity contribution < 1.29 is 4.57 Å². The predicted molar refractivity (Wildman–Crippen MR) is 53.4 cm³/mol. The van der Waals surface area contributed by atoms with E-state index in [1.807, 2.05) is 37.3 Å². The second-order valence-electron chi connectivity index (χ2n) is 2.92. The van der Waals surface area contributed by atoms with Gasteiger partial charge in [-0.3, -0.25) is 0 Å². The second kappa shape index (κ2) is 4.37. The minimum absolute atomic E-state index is 0.294. The molecule has 0 fully saturated rings. The monoisotopic (exact) mass is 181 g/mol. The number of hydrogen-bond donors (Lipinski definition) is 0. The summed E-state index contributed by atoms with van der Waals surface area (Å²) in [6.07, 6.45) is 0.976. The Kier molecular flexibility index (Phi) is 3.43. The van der Waals surface area contributed by atoms with Crippen molar-refractivity contribution in [3.8, 4) is 0 Å². The first-order chi connectivity index (χ1) is 5.75. The Morgan fingerprint density at radius 1 is 1.33 bits per heavy atom. The average molecular weight is 181 g/mol. The molecule has 0 aliphatic rings. The lowest BCUT2D eigenvalue weighted by molar-refractivity contribution is 0.584. The van der Waals surface area contributed by atoms with E-state index in [1.165, 1.54) is 0 Å². The van der Waals surface area contributed by atoms with Crippen LogP contribution in [0.25, 0.3) is 0 Å². The highest BCUT2D eigenvalue weighted by molar-refractivity contribution is 7.54. The van der Waals surface area contributed by atoms with Crippen molar-refractivity contribution in [2.45, 2.75) is 25.9 Å². The maximum Gasteiger partial charge on any atom is 0.379 e. The fraction of sp³-hybridized carbons (Fsp3) is 0.400. The van der Waals surface area contributed by atoms with Gasteiger partial charge in [-0.15, -0.1) is 0 Å². The van der Waals surface area contributed by atoms with Crippen LogP contribution in [0.5, 0.6) is 0 Å². The van der Waals surface area contributed by atoms with E-state index in [-0.39, 0.29) is 0 Å². The van der Waals surface area contributed by atoms with Crippen molar-refractivity contribution in [2.24, 2.45) is 0 Å². The maximum atomic E-state index is 11.7. The zero-order chi connectivity index (χ0) is 8.97. The van der Waals surface area contributed by atoms with Crippen molar-refractivity contribution in [3.63, 3.8) is 0 Å². The fourth-order valence-electron chi connectivity index (χ4n) is 0.995. The van der Waals surface area contributed by atoms with Gasteiger partial charge < -0.3 is 0 Å². The van der Waals surface area contributed by atoms with E-state index in [9.17, 15) is 4.57 Å². The molecule has 0 bridgehead atoms. The molecular formula is C10H14OP+. The second-order valence-corrected chi connectivity index (χ2v) is 4.97. The van der Waals surface area contributed by atoms with E-state index in [0.717, 1.165) is 11.7 Å². The lowest BCUT2D eigenvalue weighted by atomic mass is 10.4. The lowest BCUT2D eigenvalue weighted by Gasteiger charge is -1.93. The van der Waals surface area contributed by atoms with Crippen molar-refractivity contribution in [2.75, 3.05) is 0 Å². The number of rotatable bonds is 3. The molecule has 0 amide bonds. The highest BCUT2D eigenvalue weighted by Crippen LogP contribution is 2.28. The van der Waals surface area contributed by atoms with Crippen molar-refractivity contribution in [1.82, 2.24) is 0 Å². The van der Waals surface area contributed by atoms with Gasteiger partial charge in [0.25, 0.3) is 0 Å². The minimum Gasteiger partial charge on any atom is -0.0678 e. The lowest BCUT2D eigenvalue weighted by Crippen LogP contribution is -2.03. The summed E-state index contributed by atoms with van der Waals surface area (Å²) < 4.78 is 11.7. The van der Waals surface area contributed by atoms with E-state index >= 15 is 0 Å². The van der Waals surface area contributed by atoms with Crippen LogP contribution in [0, 0.1) is 0 Å². The summed E-state index contributed by atoms with van der Waals surface area (Å²) in [5.74, 6) is 0. The van der Waals surface area contributed by atoms with Gasteiger partial charge in [0.15, 0.2) is 11.0 Å². The molecule has 1 rings (SSSR count). The van der Waals surface area contributed by atoms with Gasteiger partial charge in [0, 0.05) is 0 Å². The Morgan fingerprint density at radius 3 is 2.42 bits per heavy atom. The van der Waals surface area contributed by atoms with Crippen molar-refractivity contribution >= 4 is 13.1 Å². The first-order valence-corrected chi connectivity index (χ1v) is 5.60. The normalized spacial score (nSPS) is 14.0. The van der Waals surface area contributed by atoms with Crippen LogP contribution in [0.1, 0.15) is 20.3 Å². The summed E-state index contributed by atoms with van der Waals surface area (Å²) in [6, 6.07) is 9.69. The third kappa shape index (κ3) is 2.15. The molecule has 0 aliphatic heterocycles. The Hall–Kier alpha value is -0.680. The van der Waals surface area contributed by atoms with Gasteiger partial charge in [-0.25, -0.2) is 0 Å². The molecule has 0 saturated heterocycles. The summed E-state index contributed by atoms with van der Waals surface area (Å²) in [5, 5.41) is 0.974. The Balaban J connectivity index is 2.79. The largest absolute Gasteiger partial charge is 0.379 e. The van der Waals surface area contributed by atoms with Gasteiger partial charge in [0.05, 0.1) is 0 Å². The average Bonchev–Trinajstić information content (AvgIpc) is 2.17. The van der Waals surface area contributed by atoms with Crippen LogP contribution < -0.4 is 5.30 Å². The predicted octanol–water partition coefficient (Wildman–Crippen LogP) is 2.94. The van der Waals surface area contributed by atoms with Gasteiger partial charge in [0.1, 0.15) is 0 Å². The molecule has 1 nitrogen and oxygen atoms in total. The van der Waals surface area contributed by atoms with Gasteiger partial charge in [-0.1, -0.05) is 29.7 Å². The molecule has 2 heteroatoms. The van der Waals surface area contributed by atoms with Crippen LogP contribution in [-0.2, 0) is 4.57 Å². The van der Waals surface area contributed by atoms with Crippen molar-refractivity contribution in [3.05, 3.63) is 30.3 Å². The zero-order valence-corrected chi connectivity index (χ0v) is 8.42. The highest BCUT2D eigenvalue weighted by Gasteiger charge is 2.25. The Labute approximate surface area is 74.6 Å². The van der Waals surface area contributed by atoms with E-state index in [0.29, 0.717) is 5.66 Å². The summed E-state index contributed by atoms with van der Waals surface area (Å²) >= 11 is 0. The molecule has 0 heterocycles. The molecule has 0 aliphatic carbocycles. The quantitative estimate of drug-likeness (QED) is 0.655. The topological polar surface area (TPSA) is 17.1 Å². The fourth-order valence-corrected chi connectivity index (χ4v) is 2.30. The maximum absolute atomic E-state index is 11.7.